The van der Waals surface area contributed by atoms with E-state index in [2.05, 4.69) is 15.0 Å². The van der Waals surface area contributed by atoms with Crippen LogP contribution >= 0.6 is 0 Å². The van der Waals surface area contributed by atoms with E-state index in [1.54, 1.807) is 12.1 Å². The lowest BCUT2D eigenvalue weighted by Gasteiger charge is -2.10. The molecule has 1 amide bonds. The molecule has 6 nitrogen and oxygen atoms in total. The number of hydrogen-bond donors (Lipinski definition) is 3. The maximum atomic E-state index is 14.2. The summed E-state index contributed by atoms with van der Waals surface area (Å²) in [6, 6.07) is 7.72. The minimum Gasteiger partial charge on any atom is -0.360 e. The van der Waals surface area contributed by atoms with E-state index in [0.29, 0.717) is 16.5 Å². The number of H-pyrrole nitrogens is 1. The van der Waals surface area contributed by atoms with Crippen LogP contribution in [0.3, 0.4) is 0 Å². The third-order valence-electron chi connectivity index (χ3n) is 4.21. The first-order valence-electron chi connectivity index (χ1n) is 7.56. The fourth-order valence-electron chi connectivity index (χ4n) is 2.96. The molecule has 4 rings (SSSR count). The largest absolute Gasteiger partial charge is 0.360 e. The standard InChI is InChI=1S/C17H14FN3O3S/c1-9-2-3-11-14(4-9)19-8-16(11)25(23,24)21-15-6-12-10(5-13(15)18)7-20-17(12)22/h2-6,8,19,21H,7H2,1H3,(H,20,22). The topological polar surface area (TPSA) is 91.1 Å². The molecule has 0 spiro atoms. The van der Waals surface area contributed by atoms with Crippen LogP contribution in [0.1, 0.15) is 21.5 Å². The van der Waals surface area contributed by atoms with Crippen molar-refractivity contribution in [2.24, 2.45) is 0 Å². The van der Waals surface area contributed by atoms with Gasteiger partial charge in [0.25, 0.3) is 15.9 Å². The molecule has 3 N–H and O–H groups in total. The van der Waals surface area contributed by atoms with Crippen LogP contribution in [0.4, 0.5) is 10.1 Å². The maximum Gasteiger partial charge on any atom is 0.264 e. The lowest BCUT2D eigenvalue weighted by atomic mass is 10.1. The molecular weight excluding hydrogens is 345 g/mol. The van der Waals surface area contributed by atoms with Gasteiger partial charge in [0, 0.05) is 29.2 Å². The third kappa shape index (κ3) is 2.54. The van der Waals surface area contributed by atoms with E-state index in [9.17, 15) is 17.6 Å². The second-order valence-electron chi connectivity index (χ2n) is 5.98. The molecule has 1 aromatic heterocycles. The van der Waals surface area contributed by atoms with Gasteiger partial charge in [0.05, 0.1) is 5.69 Å². The number of anilines is 1. The fourth-order valence-corrected chi connectivity index (χ4v) is 4.19. The average molecular weight is 359 g/mol. The summed E-state index contributed by atoms with van der Waals surface area (Å²) in [4.78, 5) is 14.6. The Kier molecular flexibility index (Phi) is 3.33. The third-order valence-corrected chi connectivity index (χ3v) is 5.62. The molecular formula is C17H14FN3O3S. The first-order chi connectivity index (χ1) is 11.8. The molecule has 0 atom stereocenters. The number of aryl methyl sites for hydroxylation is 1. The van der Waals surface area contributed by atoms with E-state index in [4.69, 9.17) is 0 Å². The Bertz CT molecular complexity index is 1140. The molecule has 0 bridgehead atoms. The summed E-state index contributed by atoms with van der Waals surface area (Å²) >= 11 is 0. The van der Waals surface area contributed by atoms with Crippen LogP contribution in [-0.4, -0.2) is 19.3 Å². The zero-order valence-corrected chi connectivity index (χ0v) is 14.0. The van der Waals surface area contributed by atoms with Crippen LogP contribution in [0.25, 0.3) is 10.9 Å². The molecule has 0 saturated heterocycles. The highest BCUT2D eigenvalue weighted by Gasteiger charge is 2.25. The zero-order valence-electron chi connectivity index (χ0n) is 13.2. The van der Waals surface area contributed by atoms with Crippen molar-refractivity contribution < 1.29 is 17.6 Å². The van der Waals surface area contributed by atoms with Gasteiger partial charge in [-0.05, 0) is 36.2 Å². The van der Waals surface area contributed by atoms with Gasteiger partial charge < -0.3 is 10.3 Å². The molecule has 2 heterocycles. The van der Waals surface area contributed by atoms with Gasteiger partial charge >= 0.3 is 0 Å². The SMILES string of the molecule is Cc1ccc2c(S(=O)(=O)Nc3cc4c(cc3F)CNC4=O)c[nH]c2c1. The maximum absolute atomic E-state index is 14.2. The van der Waals surface area contributed by atoms with Crippen molar-refractivity contribution in [2.45, 2.75) is 18.4 Å². The minimum atomic E-state index is -4.02. The highest BCUT2D eigenvalue weighted by Crippen LogP contribution is 2.29. The number of aromatic amines is 1. The number of carbonyl (C=O) groups excluding carboxylic acids is 1. The molecule has 1 aliphatic heterocycles. The number of amides is 1. The summed E-state index contributed by atoms with van der Waals surface area (Å²) < 4.78 is 41.9. The van der Waals surface area contributed by atoms with E-state index in [0.717, 1.165) is 5.56 Å². The number of nitrogens with one attached hydrogen (secondary N) is 3. The highest BCUT2D eigenvalue weighted by molar-refractivity contribution is 7.93. The molecule has 0 fully saturated rings. The van der Waals surface area contributed by atoms with Crippen molar-refractivity contribution in [3.8, 4) is 0 Å². The van der Waals surface area contributed by atoms with Crippen LogP contribution in [-0.2, 0) is 16.6 Å². The van der Waals surface area contributed by atoms with Gasteiger partial charge in [0.15, 0.2) is 0 Å². The van der Waals surface area contributed by atoms with E-state index in [-0.39, 0.29) is 28.6 Å². The van der Waals surface area contributed by atoms with Crippen molar-refractivity contribution in [3.05, 3.63) is 59.0 Å². The summed E-state index contributed by atoms with van der Waals surface area (Å²) in [5.41, 5.74) is 2.19. The Morgan fingerprint density at radius 2 is 2.00 bits per heavy atom. The van der Waals surface area contributed by atoms with E-state index >= 15 is 0 Å². The Morgan fingerprint density at radius 3 is 2.80 bits per heavy atom. The molecule has 2 aromatic carbocycles. The molecule has 0 unspecified atom stereocenters. The summed E-state index contributed by atoms with van der Waals surface area (Å²) in [5.74, 6) is -1.08. The molecule has 0 saturated carbocycles. The predicted octanol–water partition coefficient (Wildman–Crippen LogP) is 2.66. The van der Waals surface area contributed by atoms with Crippen molar-refractivity contribution >= 4 is 32.5 Å². The molecule has 0 radical (unpaired) electrons. The lowest BCUT2D eigenvalue weighted by Crippen LogP contribution is -2.15. The zero-order chi connectivity index (χ0) is 17.8. The van der Waals surface area contributed by atoms with Gasteiger partial charge in [0.2, 0.25) is 0 Å². The Hall–Kier alpha value is -2.87. The number of fused-ring (bicyclic) bond motifs is 2. The Balaban J connectivity index is 1.77. The van der Waals surface area contributed by atoms with E-state index in [1.807, 2.05) is 13.0 Å². The van der Waals surface area contributed by atoms with Crippen LogP contribution in [0.5, 0.6) is 0 Å². The van der Waals surface area contributed by atoms with Gasteiger partial charge in [-0.1, -0.05) is 12.1 Å². The van der Waals surface area contributed by atoms with Crippen molar-refractivity contribution in [3.63, 3.8) is 0 Å². The minimum absolute atomic E-state index is 0.0202. The summed E-state index contributed by atoms with van der Waals surface area (Å²) in [7, 11) is -4.02. The average Bonchev–Trinajstić information content (AvgIpc) is 3.12. The van der Waals surface area contributed by atoms with Crippen LogP contribution < -0.4 is 10.0 Å². The first kappa shape index (κ1) is 15.6. The molecule has 128 valence electrons. The van der Waals surface area contributed by atoms with Crippen molar-refractivity contribution in [2.75, 3.05) is 4.72 Å². The Labute approximate surface area is 143 Å². The van der Waals surface area contributed by atoms with Crippen LogP contribution in [0, 0.1) is 12.7 Å². The lowest BCUT2D eigenvalue weighted by molar-refractivity contribution is 0.0965. The van der Waals surface area contributed by atoms with Gasteiger partial charge in [-0.25, -0.2) is 12.8 Å². The second kappa shape index (κ2) is 5.32. The molecule has 3 aromatic rings. The Morgan fingerprint density at radius 1 is 1.20 bits per heavy atom. The summed E-state index contributed by atoms with van der Waals surface area (Å²) in [6.45, 7) is 2.14. The van der Waals surface area contributed by atoms with Crippen LogP contribution in [0.15, 0.2) is 41.4 Å². The number of sulfonamides is 1. The number of aromatic nitrogens is 1. The highest BCUT2D eigenvalue weighted by atomic mass is 32.2. The summed E-state index contributed by atoms with van der Waals surface area (Å²) in [5, 5.41) is 3.08. The molecule has 1 aliphatic rings. The van der Waals surface area contributed by atoms with Gasteiger partial charge in [-0.15, -0.1) is 0 Å². The van der Waals surface area contributed by atoms with Crippen molar-refractivity contribution in [1.29, 1.82) is 0 Å². The number of hydrogen-bond acceptors (Lipinski definition) is 3. The van der Waals surface area contributed by atoms with Gasteiger partial charge in [0.1, 0.15) is 10.7 Å². The monoisotopic (exact) mass is 359 g/mol. The number of rotatable bonds is 3. The van der Waals surface area contributed by atoms with Gasteiger partial charge in [-0.2, -0.15) is 0 Å². The molecule has 0 aliphatic carbocycles. The van der Waals surface area contributed by atoms with Crippen molar-refractivity contribution in [1.82, 2.24) is 10.3 Å². The number of benzene rings is 2. The quantitative estimate of drug-likeness (QED) is 0.671. The molecule has 25 heavy (non-hydrogen) atoms. The summed E-state index contributed by atoms with van der Waals surface area (Å²) in [6.07, 6.45) is 1.37. The van der Waals surface area contributed by atoms with Crippen LogP contribution in [0.2, 0.25) is 0 Å². The van der Waals surface area contributed by atoms with E-state index in [1.165, 1.54) is 18.3 Å². The fraction of sp³-hybridized carbons (Fsp3) is 0.118. The normalized spacial score (nSPS) is 13.8. The molecule has 8 heteroatoms. The smallest absolute Gasteiger partial charge is 0.264 e. The van der Waals surface area contributed by atoms with Gasteiger partial charge in [-0.3, -0.25) is 9.52 Å². The number of halogens is 1. The first-order valence-corrected chi connectivity index (χ1v) is 9.05. The predicted molar refractivity (Wildman–Crippen MR) is 91.4 cm³/mol. The number of carbonyl (C=O) groups is 1. The van der Waals surface area contributed by atoms with E-state index < -0.39 is 15.8 Å². The second-order valence-corrected chi connectivity index (χ2v) is 7.63.